The Balaban J connectivity index is 1.73. The minimum Gasteiger partial charge on any atom is -0.345 e. The summed E-state index contributed by atoms with van der Waals surface area (Å²) in [6, 6.07) is 21.8. The molecule has 1 unspecified atom stereocenters. The molecule has 3 rings (SSSR count). The van der Waals surface area contributed by atoms with Crippen LogP contribution in [0.4, 0.5) is 16.2 Å². The third-order valence-corrected chi connectivity index (χ3v) is 4.98. The minimum atomic E-state index is -0.563. The van der Waals surface area contributed by atoms with Crippen molar-refractivity contribution in [1.29, 1.82) is 0 Å². The summed E-state index contributed by atoms with van der Waals surface area (Å²) in [6.07, 6.45) is 0.00725. The van der Waals surface area contributed by atoms with Crippen LogP contribution in [-0.4, -0.2) is 24.9 Å². The van der Waals surface area contributed by atoms with Crippen molar-refractivity contribution in [3.63, 3.8) is 0 Å². The molecule has 1 atom stereocenters. The van der Waals surface area contributed by atoms with Crippen LogP contribution < -0.4 is 21.3 Å². The quantitative estimate of drug-likeness (QED) is 0.423. The molecule has 3 aromatic rings. The van der Waals surface area contributed by atoms with Crippen LogP contribution >= 0.6 is 11.6 Å². The number of urea groups is 1. The zero-order chi connectivity index (χ0) is 22.9. The fourth-order valence-electron chi connectivity index (χ4n) is 3.08. The molecule has 0 saturated heterocycles. The Morgan fingerprint density at radius 1 is 0.844 bits per heavy atom. The second-order valence-electron chi connectivity index (χ2n) is 6.95. The first-order valence-corrected chi connectivity index (χ1v) is 10.3. The van der Waals surface area contributed by atoms with Crippen molar-refractivity contribution < 1.29 is 14.4 Å². The number of amides is 4. The van der Waals surface area contributed by atoms with Gasteiger partial charge in [-0.05, 0) is 35.9 Å². The van der Waals surface area contributed by atoms with Gasteiger partial charge in [0.15, 0.2) is 0 Å². The highest BCUT2D eigenvalue weighted by Gasteiger charge is 2.20. The van der Waals surface area contributed by atoms with E-state index in [0.717, 1.165) is 5.56 Å². The first kappa shape index (κ1) is 22.8. The molecule has 164 valence electrons. The molecule has 0 radical (unpaired) electrons. The van der Waals surface area contributed by atoms with Crippen molar-refractivity contribution in [2.45, 2.75) is 12.5 Å². The van der Waals surface area contributed by atoms with Crippen molar-refractivity contribution in [3.05, 3.63) is 95.0 Å². The minimum absolute atomic E-state index is 0.00725. The predicted molar refractivity (Wildman–Crippen MR) is 126 cm³/mol. The van der Waals surface area contributed by atoms with Gasteiger partial charge >= 0.3 is 6.03 Å². The number of rotatable bonds is 7. The van der Waals surface area contributed by atoms with Crippen LogP contribution in [0, 0.1) is 0 Å². The lowest BCUT2D eigenvalue weighted by atomic mass is 10.0. The lowest BCUT2D eigenvalue weighted by molar-refractivity contribution is -0.116. The van der Waals surface area contributed by atoms with E-state index < -0.39 is 6.04 Å². The number of carbonyl (C=O) groups excluding carboxylic acids is 3. The molecule has 3 aromatic carbocycles. The van der Waals surface area contributed by atoms with Gasteiger partial charge in [0.1, 0.15) is 0 Å². The number of nitrogens with one attached hydrogen (secondary N) is 4. The molecule has 0 aliphatic carbocycles. The van der Waals surface area contributed by atoms with Gasteiger partial charge in [0.05, 0.1) is 23.0 Å². The summed E-state index contributed by atoms with van der Waals surface area (Å²) >= 11 is 6.15. The highest BCUT2D eigenvalue weighted by atomic mass is 35.5. The summed E-state index contributed by atoms with van der Waals surface area (Å²) in [4.78, 5) is 37.1. The van der Waals surface area contributed by atoms with Gasteiger partial charge in [0.25, 0.3) is 5.91 Å². The number of hydrogen-bond acceptors (Lipinski definition) is 3. The molecule has 0 bridgehead atoms. The van der Waals surface area contributed by atoms with E-state index in [4.69, 9.17) is 11.6 Å². The predicted octanol–water partition coefficient (Wildman–Crippen LogP) is 4.59. The molecule has 0 aromatic heterocycles. The van der Waals surface area contributed by atoms with Gasteiger partial charge in [-0.25, -0.2) is 4.79 Å². The maximum atomic E-state index is 12.8. The number of hydrogen-bond donors (Lipinski definition) is 4. The van der Waals surface area contributed by atoms with Crippen LogP contribution in [0.25, 0.3) is 0 Å². The highest BCUT2D eigenvalue weighted by Crippen LogP contribution is 2.22. The van der Waals surface area contributed by atoms with Crippen molar-refractivity contribution in [2.75, 3.05) is 17.7 Å². The van der Waals surface area contributed by atoms with Crippen LogP contribution in [0.5, 0.6) is 0 Å². The number of carbonyl (C=O) groups is 3. The molecule has 0 saturated carbocycles. The van der Waals surface area contributed by atoms with Crippen molar-refractivity contribution in [3.8, 4) is 0 Å². The van der Waals surface area contributed by atoms with Crippen LogP contribution in [0.1, 0.15) is 28.4 Å². The van der Waals surface area contributed by atoms with Gasteiger partial charge in [0, 0.05) is 18.4 Å². The highest BCUT2D eigenvalue weighted by molar-refractivity contribution is 6.33. The third kappa shape index (κ3) is 6.33. The molecule has 0 fully saturated rings. The Kier molecular flexibility index (Phi) is 7.83. The van der Waals surface area contributed by atoms with Crippen LogP contribution in [0.2, 0.25) is 5.02 Å². The monoisotopic (exact) mass is 450 g/mol. The van der Waals surface area contributed by atoms with Crippen molar-refractivity contribution in [1.82, 2.24) is 10.6 Å². The fourth-order valence-corrected chi connectivity index (χ4v) is 3.31. The molecular weight excluding hydrogens is 428 g/mol. The molecule has 7 nitrogen and oxygen atoms in total. The van der Waals surface area contributed by atoms with E-state index >= 15 is 0 Å². The van der Waals surface area contributed by atoms with Crippen LogP contribution in [0.3, 0.4) is 0 Å². The topological polar surface area (TPSA) is 99.3 Å². The molecule has 0 aliphatic heterocycles. The standard InChI is InChI=1S/C24H23ClN4O3/c1-26-24(32)28-18-11-7-10-17(14-18)27-22(30)15-21(16-8-3-2-4-9-16)29-23(31)19-12-5-6-13-20(19)25/h2-14,21H,15H2,1H3,(H,27,30)(H,29,31)(H2,26,28,32). The third-order valence-electron chi connectivity index (χ3n) is 4.65. The van der Waals surface area contributed by atoms with E-state index in [0.29, 0.717) is 22.0 Å². The largest absolute Gasteiger partial charge is 0.345 e. The van der Waals surface area contributed by atoms with Gasteiger partial charge in [-0.2, -0.15) is 0 Å². The summed E-state index contributed by atoms with van der Waals surface area (Å²) in [5.74, 6) is -0.663. The molecule has 0 aliphatic rings. The zero-order valence-corrected chi connectivity index (χ0v) is 18.1. The maximum Gasteiger partial charge on any atom is 0.318 e. The fraction of sp³-hybridized carbons (Fsp3) is 0.125. The van der Waals surface area contributed by atoms with Gasteiger partial charge in [-0.1, -0.05) is 60.1 Å². The van der Waals surface area contributed by atoms with E-state index in [1.165, 1.54) is 7.05 Å². The molecule has 0 spiro atoms. The van der Waals surface area contributed by atoms with Crippen LogP contribution in [-0.2, 0) is 4.79 Å². The summed E-state index contributed by atoms with van der Waals surface area (Å²) in [7, 11) is 1.52. The summed E-state index contributed by atoms with van der Waals surface area (Å²) in [6.45, 7) is 0. The van der Waals surface area contributed by atoms with Crippen LogP contribution in [0.15, 0.2) is 78.9 Å². The smallest absolute Gasteiger partial charge is 0.318 e. The lowest BCUT2D eigenvalue weighted by Gasteiger charge is -2.19. The van der Waals surface area contributed by atoms with E-state index in [2.05, 4.69) is 21.3 Å². The van der Waals surface area contributed by atoms with E-state index in [9.17, 15) is 14.4 Å². The van der Waals surface area contributed by atoms with Gasteiger partial charge in [-0.15, -0.1) is 0 Å². The Morgan fingerprint density at radius 2 is 1.50 bits per heavy atom. The van der Waals surface area contributed by atoms with E-state index in [1.54, 1.807) is 48.5 Å². The first-order chi connectivity index (χ1) is 15.5. The average molecular weight is 451 g/mol. The molecular formula is C24H23ClN4O3. The Morgan fingerprint density at radius 3 is 2.19 bits per heavy atom. The summed E-state index contributed by atoms with van der Waals surface area (Å²) in [5.41, 5.74) is 2.18. The Bertz CT molecular complexity index is 1110. The summed E-state index contributed by atoms with van der Waals surface area (Å²) in [5, 5.41) is 11.2. The first-order valence-electron chi connectivity index (χ1n) is 9.95. The molecule has 4 N–H and O–H groups in total. The van der Waals surface area contributed by atoms with Gasteiger partial charge in [-0.3, -0.25) is 9.59 Å². The van der Waals surface area contributed by atoms with Gasteiger partial charge in [0.2, 0.25) is 5.91 Å². The van der Waals surface area contributed by atoms with Gasteiger partial charge < -0.3 is 21.3 Å². The normalized spacial score (nSPS) is 11.2. The Labute approximate surface area is 191 Å². The maximum absolute atomic E-state index is 12.8. The molecule has 4 amide bonds. The number of anilines is 2. The van der Waals surface area contributed by atoms with Crippen molar-refractivity contribution in [2.24, 2.45) is 0 Å². The molecule has 8 heteroatoms. The number of benzene rings is 3. The lowest BCUT2D eigenvalue weighted by Crippen LogP contribution is -2.31. The summed E-state index contributed by atoms with van der Waals surface area (Å²) < 4.78 is 0. The SMILES string of the molecule is CNC(=O)Nc1cccc(NC(=O)CC(NC(=O)c2ccccc2Cl)c2ccccc2)c1. The zero-order valence-electron chi connectivity index (χ0n) is 17.4. The van der Waals surface area contributed by atoms with E-state index in [-0.39, 0.29) is 24.3 Å². The molecule has 32 heavy (non-hydrogen) atoms. The van der Waals surface area contributed by atoms with Crippen molar-refractivity contribution >= 4 is 40.8 Å². The molecule has 0 heterocycles. The second-order valence-corrected chi connectivity index (χ2v) is 7.36. The number of halogens is 1. The van der Waals surface area contributed by atoms with E-state index in [1.807, 2.05) is 30.3 Å². The average Bonchev–Trinajstić information content (AvgIpc) is 2.79. The second kappa shape index (κ2) is 11.0. The Hall–Kier alpha value is -3.84.